The molecule has 5 rings (SSSR count). The van der Waals surface area contributed by atoms with E-state index in [9.17, 15) is 24.0 Å². The lowest BCUT2D eigenvalue weighted by atomic mass is 9.66. The number of ether oxygens (including phenoxy) is 1. The van der Waals surface area contributed by atoms with E-state index in [1.807, 2.05) is 0 Å². The van der Waals surface area contributed by atoms with Crippen molar-refractivity contribution in [3.05, 3.63) is 34.9 Å². The molecule has 1 spiro atoms. The number of hydrogen-bond acceptors (Lipinski definition) is 6. The van der Waals surface area contributed by atoms with Gasteiger partial charge in [-0.25, -0.2) is 4.79 Å². The second kappa shape index (κ2) is 13.7. The Hall–Kier alpha value is -4.07. The zero-order valence-corrected chi connectivity index (χ0v) is 25.7. The van der Waals surface area contributed by atoms with Crippen LogP contribution in [0.5, 0.6) is 0 Å². The van der Waals surface area contributed by atoms with Gasteiger partial charge in [-0.1, -0.05) is 43.9 Å². The lowest BCUT2D eigenvalue weighted by Gasteiger charge is -2.41. The summed E-state index contributed by atoms with van der Waals surface area (Å²) in [5.74, 6) is 3.80. The minimum atomic E-state index is -0.900. The molecule has 3 N–H and O–H groups in total. The second-order valence-corrected chi connectivity index (χ2v) is 12.6. The van der Waals surface area contributed by atoms with Crippen molar-refractivity contribution in [3.63, 3.8) is 0 Å². The van der Waals surface area contributed by atoms with Gasteiger partial charge in [0.25, 0.3) is 5.91 Å². The van der Waals surface area contributed by atoms with Crippen molar-refractivity contribution >= 4 is 29.7 Å². The fraction of sp³-hybridized carbons (Fsp3) is 0.606. The summed E-state index contributed by atoms with van der Waals surface area (Å²) in [7, 11) is 1.49. The molecule has 1 aromatic rings. The van der Waals surface area contributed by atoms with Crippen LogP contribution in [-0.4, -0.2) is 78.3 Å². The number of carbonyl (C=O) groups is 5. The molecular formula is C33H43N5O6. The molecule has 0 radical (unpaired) electrons. The number of fused-ring (bicyclic) bond motifs is 3. The molecule has 0 aromatic heterocycles. The van der Waals surface area contributed by atoms with Crippen LogP contribution in [0.4, 0.5) is 4.79 Å². The van der Waals surface area contributed by atoms with Gasteiger partial charge in [-0.3, -0.25) is 19.2 Å². The van der Waals surface area contributed by atoms with E-state index in [4.69, 9.17) is 4.74 Å². The van der Waals surface area contributed by atoms with E-state index in [0.717, 1.165) is 50.5 Å². The van der Waals surface area contributed by atoms with Crippen LogP contribution >= 0.6 is 0 Å². The predicted octanol–water partition coefficient (Wildman–Crippen LogP) is 2.01. The van der Waals surface area contributed by atoms with Gasteiger partial charge in [0.15, 0.2) is 0 Å². The summed E-state index contributed by atoms with van der Waals surface area (Å²) in [5, 5.41) is 7.84. The predicted molar refractivity (Wildman–Crippen MR) is 162 cm³/mol. The average molecular weight is 606 g/mol. The van der Waals surface area contributed by atoms with Crippen molar-refractivity contribution in [2.75, 3.05) is 26.7 Å². The smallest absolute Gasteiger partial charge is 0.407 e. The fourth-order valence-corrected chi connectivity index (χ4v) is 6.85. The highest BCUT2D eigenvalue weighted by molar-refractivity contribution is 5.95. The molecule has 236 valence electrons. The van der Waals surface area contributed by atoms with E-state index < -0.39 is 35.9 Å². The van der Waals surface area contributed by atoms with Crippen molar-refractivity contribution in [1.29, 1.82) is 0 Å². The molecule has 1 saturated carbocycles. The molecule has 1 aliphatic carbocycles. The maximum atomic E-state index is 13.3. The highest BCUT2D eigenvalue weighted by atomic mass is 16.5. The molecule has 3 heterocycles. The van der Waals surface area contributed by atoms with Gasteiger partial charge in [-0.2, -0.15) is 0 Å². The summed E-state index contributed by atoms with van der Waals surface area (Å²) in [6, 6.07) is 4.60. The van der Waals surface area contributed by atoms with Gasteiger partial charge in [0.05, 0.1) is 6.61 Å². The Kier molecular flexibility index (Phi) is 9.77. The normalized spacial score (nSPS) is 24.2. The van der Waals surface area contributed by atoms with Crippen LogP contribution in [0.1, 0.15) is 75.0 Å². The molecule has 4 aliphatic rings. The topological polar surface area (TPSA) is 137 Å². The Morgan fingerprint density at radius 1 is 1.11 bits per heavy atom. The first-order valence-electron chi connectivity index (χ1n) is 15.8. The first-order chi connectivity index (χ1) is 21.2. The zero-order valence-electron chi connectivity index (χ0n) is 25.7. The number of likely N-dealkylation sites (N-methyl/N-ethyl adjacent to an activating group) is 1. The van der Waals surface area contributed by atoms with E-state index >= 15 is 0 Å². The first kappa shape index (κ1) is 31.4. The summed E-state index contributed by atoms with van der Waals surface area (Å²) in [4.78, 5) is 67.8. The van der Waals surface area contributed by atoms with Gasteiger partial charge in [-0.15, -0.1) is 0 Å². The number of nitrogens with zero attached hydrogens (tertiary/aromatic N) is 2. The lowest BCUT2D eigenvalue weighted by Crippen LogP contribution is -2.53. The third-order valence-electron chi connectivity index (χ3n) is 9.67. The van der Waals surface area contributed by atoms with Crippen LogP contribution in [0.25, 0.3) is 0 Å². The van der Waals surface area contributed by atoms with Crippen LogP contribution in [0.15, 0.2) is 18.2 Å². The number of benzene rings is 1. The quantitative estimate of drug-likeness (QED) is 0.449. The molecule has 5 amide bonds. The van der Waals surface area contributed by atoms with Gasteiger partial charge in [0.2, 0.25) is 17.7 Å². The molecular weight excluding hydrogens is 562 g/mol. The largest absolute Gasteiger partial charge is 0.449 e. The third-order valence-corrected chi connectivity index (χ3v) is 9.67. The number of rotatable bonds is 4. The molecule has 1 aromatic carbocycles. The minimum Gasteiger partial charge on any atom is -0.449 e. The number of carbonyl (C=O) groups excluding carboxylic acids is 5. The summed E-state index contributed by atoms with van der Waals surface area (Å²) >= 11 is 0. The molecule has 11 heteroatoms. The van der Waals surface area contributed by atoms with E-state index in [0.29, 0.717) is 26.1 Å². The Bertz CT molecular complexity index is 1360. The Morgan fingerprint density at radius 2 is 1.89 bits per heavy atom. The summed E-state index contributed by atoms with van der Waals surface area (Å²) in [6.45, 7) is 2.91. The minimum absolute atomic E-state index is 0.0226. The van der Waals surface area contributed by atoms with Crippen molar-refractivity contribution < 1.29 is 28.7 Å². The van der Waals surface area contributed by atoms with Crippen molar-refractivity contribution in [3.8, 4) is 11.8 Å². The van der Waals surface area contributed by atoms with E-state index in [-0.39, 0.29) is 36.7 Å². The summed E-state index contributed by atoms with van der Waals surface area (Å²) in [6.07, 6.45) is 6.98. The number of cyclic esters (lactones) is 1. The Balaban J connectivity index is 1.36. The molecule has 3 unspecified atom stereocenters. The zero-order chi connectivity index (χ0) is 31.3. The summed E-state index contributed by atoms with van der Waals surface area (Å²) in [5.41, 5.74) is 3.58. The monoisotopic (exact) mass is 605 g/mol. The van der Waals surface area contributed by atoms with Crippen LogP contribution in [0.2, 0.25) is 0 Å². The molecule has 1 saturated heterocycles. The number of amides is 5. The van der Waals surface area contributed by atoms with Crippen molar-refractivity contribution in [2.45, 2.75) is 89.9 Å². The molecule has 3 atom stereocenters. The third kappa shape index (κ3) is 7.01. The van der Waals surface area contributed by atoms with E-state index in [1.54, 1.807) is 11.8 Å². The van der Waals surface area contributed by atoms with Crippen molar-refractivity contribution in [2.24, 2.45) is 11.3 Å². The van der Waals surface area contributed by atoms with Gasteiger partial charge in [0, 0.05) is 38.0 Å². The number of aryl methyl sites for hydroxylation is 1. The molecule has 4 bridgehead atoms. The lowest BCUT2D eigenvalue weighted by molar-refractivity contribution is -0.138. The maximum Gasteiger partial charge on any atom is 0.407 e. The molecule has 44 heavy (non-hydrogen) atoms. The standard InChI is InChI=1S/C33H43N5O6/c1-3-26(30(41)34-2)36-31(42)27-16-22-11-12-28(39)37-19-24-10-6-9-23(25(24)20-37)8-4-5-13-33(14-7-15-33)21-44-32(43)35-17-29(40)38(27)18-22/h6,9-10,22,26-27H,3-5,7-8,13-21H2,1-2H3,(H,34,41)(H,35,43)(H,36,42). The van der Waals surface area contributed by atoms with Crippen LogP contribution in [-0.2, 0) is 43.4 Å². The second-order valence-electron chi connectivity index (χ2n) is 12.6. The van der Waals surface area contributed by atoms with Crippen LogP contribution in [0, 0.1) is 23.2 Å². The van der Waals surface area contributed by atoms with Gasteiger partial charge in [-0.05, 0) is 67.6 Å². The number of hydrogen-bond donors (Lipinski definition) is 3. The van der Waals surface area contributed by atoms with E-state index in [2.05, 4.69) is 46.0 Å². The average Bonchev–Trinajstić information content (AvgIpc) is 3.65. The number of nitrogens with one attached hydrogen (secondary N) is 3. The van der Waals surface area contributed by atoms with Gasteiger partial charge < -0.3 is 30.5 Å². The van der Waals surface area contributed by atoms with Gasteiger partial charge >= 0.3 is 6.09 Å². The molecule has 3 aliphatic heterocycles. The SMILES string of the molecule is CCC(NC(=O)C1CC2C#CC(=O)N3Cc4cccc(c4C3)CCCCC3(CCC3)COC(=O)NCC(=O)N1C2)C(=O)NC. The first-order valence-corrected chi connectivity index (χ1v) is 15.8. The van der Waals surface area contributed by atoms with Crippen molar-refractivity contribution in [1.82, 2.24) is 25.8 Å². The van der Waals surface area contributed by atoms with E-state index in [1.165, 1.54) is 23.1 Å². The van der Waals surface area contributed by atoms with Crippen LogP contribution < -0.4 is 16.0 Å². The highest BCUT2D eigenvalue weighted by Crippen LogP contribution is 2.45. The molecule has 2 fully saturated rings. The fourth-order valence-electron chi connectivity index (χ4n) is 6.85. The number of alkyl carbamates (subject to hydrolysis) is 1. The summed E-state index contributed by atoms with van der Waals surface area (Å²) < 4.78 is 5.59. The Labute approximate surface area is 258 Å². The van der Waals surface area contributed by atoms with Gasteiger partial charge in [0.1, 0.15) is 18.6 Å². The van der Waals surface area contributed by atoms with Crippen LogP contribution in [0.3, 0.4) is 0 Å². The Morgan fingerprint density at radius 3 is 2.61 bits per heavy atom. The molecule has 11 nitrogen and oxygen atoms in total. The maximum absolute atomic E-state index is 13.3. The highest BCUT2D eigenvalue weighted by Gasteiger charge is 2.41.